The summed E-state index contributed by atoms with van der Waals surface area (Å²) in [5.41, 5.74) is 1.98. The van der Waals surface area contributed by atoms with Crippen molar-refractivity contribution in [2.45, 2.75) is 24.4 Å². The Hall–Kier alpha value is -2.68. The predicted molar refractivity (Wildman–Crippen MR) is 123 cm³/mol. The number of amides is 1. The van der Waals surface area contributed by atoms with Crippen molar-refractivity contribution in [3.05, 3.63) is 94.0 Å². The molecule has 31 heavy (non-hydrogen) atoms. The van der Waals surface area contributed by atoms with Crippen LogP contribution in [0.4, 0.5) is 0 Å². The zero-order chi connectivity index (χ0) is 22.4. The number of hydrogen-bond acceptors (Lipinski definition) is 4. The van der Waals surface area contributed by atoms with Gasteiger partial charge in [-0.3, -0.25) is 4.79 Å². The standard InChI is InChI=1S/C23H23BrN2O4S/c1-16(18-8-11-20(24)12-9-18)26-23(27)19-10-13-21(30-2)22(14-19)31(28,29)25-15-17-6-4-3-5-7-17/h3-14,16,25H,15H2,1-2H3,(H,26,27). The van der Waals surface area contributed by atoms with E-state index >= 15 is 0 Å². The van der Waals surface area contributed by atoms with E-state index in [0.717, 1.165) is 15.6 Å². The molecule has 0 radical (unpaired) electrons. The number of carbonyl (C=O) groups is 1. The average molecular weight is 503 g/mol. The van der Waals surface area contributed by atoms with E-state index < -0.39 is 10.0 Å². The first-order chi connectivity index (χ1) is 14.8. The zero-order valence-corrected chi connectivity index (χ0v) is 19.5. The molecule has 0 aliphatic rings. The van der Waals surface area contributed by atoms with Gasteiger partial charge in [0, 0.05) is 16.6 Å². The third-order valence-electron chi connectivity index (χ3n) is 4.74. The third-order valence-corrected chi connectivity index (χ3v) is 6.69. The summed E-state index contributed by atoms with van der Waals surface area (Å²) in [5.74, 6) is -0.212. The number of hydrogen-bond donors (Lipinski definition) is 2. The highest BCUT2D eigenvalue weighted by Gasteiger charge is 2.22. The molecule has 1 unspecified atom stereocenters. The van der Waals surface area contributed by atoms with Gasteiger partial charge in [0.15, 0.2) is 0 Å². The summed E-state index contributed by atoms with van der Waals surface area (Å²) in [7, 11) is -2.51. The van der Waals surface area contributed by atoms with Gasteiger partial charge in [-0.15, -0.1) is 0 Å². The second kappa shape index (κ2) is 10.1. The average Bonchev–Trinajstić information content (AvgIpc) is 2.78. The third kappa shape index (κ3) is 5.94. The van der Waals surface area contributed by atoms with Gasteiger partial charge in [-0.2, -0.15) is 0 Å². The number of methoxy groups -OCH3 is 1. The van der Waals surface area contributed by atoms with Crippen LogP contribution in [-0.4, -0.2) is 21.4 Å². The van der Waals surface area contributed by atoms with Crippen LogP contribution in [0.2, 0.25) is 0 Å². The molecular formula is C23H23BrN2O4S. The molecule has 3 aromatic carbocycles. The maximum Gasteiger partial charge on any atom is 0.251 e. The Balaban J connectivity index is 1.80. The van der Waals surface area contributed by atoms with Crippen LogP contribution in [0.5, 0.6) is 5.75 Å². The van der Waals surface area contributed by atoms with E-state index in [4.69, 9.17) is 4.74 Å². The number of halogens is 1. The Morgan fingerprint density at radius 2 is 1.71 bits per heavy atom. The molecule has 3 rings (SSSR count). The van der Waals surface area contributed by atoms with Crippen molar-refractivity contribution in [1.29, 1.82) is 0 Å². The lowest BCUT2D eigenvalue weighted by Crippen LogP contribution is -2.28. The van der Waals surface area contributed by atoms with Gasteiger partial charge in [-0.05, 0) is 48.4 Å². The molecule has 6 nitrogen and oxygen atoms in total. The number of sulfonamides is 1. The van der Waals surface area contributed by atoms with Crippen molar-refractivity contribution < 1.29 is 17.9 Å². The van der Waals surface area contributed by atoms with E-state index in [0.29, 0.717) is 0 Å². The van der Waals surface area contributed by atoms with Gasteiger partial charge < -0.3 is 10.1 Å². The van der Waals surface area contributed by atoms with Crippen molar-refractivity contribution in [3.63, 3.8) is 0 Å². The highest BCUT2D eigenvalue weighted by Crippen LogP contribution is 2.26. The number of ether oxygens (including phenoxy) is 1. The molecule has 3 aromatic rings. The Kier molecular flexibility index (Phi) is 7.48. The van der Waals surface area contributed by atoms with Gasteiger partial charge in [0.2, 0.25) is 10.0 Å². The lowest BCUT2D eigenvalue weighted by molar-refractivity contribution is 0.0939. The fourth-order valence-electron chi connectivity index (χ4n) is 2.99. The van der Waals surface area contributed by atoms with Crippen molar-refractivity contribution in [2.75, 3.05) is 7.11 Å². The molecule has 2 N–H and O–H groups in total. The molecule has 8 heteroatoms. The molecule has 0 aliphatic heterocycles. The lowest BCUT2D eigenvalue weighted by atomic mass is 10.1. The Bertz CT molecular complexity index is 1150. The van der Waals surface area contributed by atoms with E-state index in [2.05, 4.69) is 26.0 Å². The van der Waals surface area contributed by atoms with Gasteiger partial charge >= 0.3 is 0 Å². The van der Waals surface area contributed by atoms with Gasteiger partial charge in [0.25, 0.3) is 5.91 Å². The first-order valence-electron chi connectivity index (χ1n) is 9.58. The molecule has 0 heterocycles. The largest absolute Gasteiger partial charge is 0.495 e. The summed E-state index contributed by atoms with van der Waals surface area (Å²) >= 11 is 3.39. The Morgan fingerprint density at radius 1 is 1.03 bits per heavy atom. The smallest absolute Gasteiger partial charge is 0.251 e. The molecule has 0 spiro atoms. The summed E-state index contributed by atoms with van der Waals surface area (Å²) in [6.07, 6.45) is 0. The number of rotatable bonds is 8. The summed E-state index contributed by atoms with van der Waals surface area (Å²) in [6.45, 7) is 1.99. The normalized spacial score (nSPS) is 12.2. The first kappa shape index (κ1) is 23.0. The molecular weight excluding hydrogens is 480 g/mol. The SMILES string of the molecule is COc1ccc(C(=O)NC(C)c2ccc(Br)cc2)cc1S(=O)(=O)NCc1ccccc1. The fraction of sp³-hybridized carbons (Fsp3) is 0.174. The van der Waals surface area contributed by atoms with Gasteiger partial charge in [-0.1, -0.05) is 58.4 Å². The maximum atomic E-state index is 12.9. The number of benzene rings is 3. The van der Waals surface area contributed by atoms with E-state index in [9.17, 15) is 13.2 Å². The quantitative estimate of drug-likeness (QED) is 0.477. The van der Waals surface area contributed by atoms with Crippen LogP contribution in [0.3, 0.4) is 0 Å². The van der Waals surface area contributed by atoms with E-state index in [-0.39, 0.29) is 34.7 Å². The minimum atomic E-state index is -3.90. The van der Waals surface area contributed by atoms with Crippen molar-refractivity contribution >= 4 is 31.9 Å². The fourth-order valence-corrected chi connectivity index (χ4v) is 4.47. The first-order valence-corrected chi connectivity index (χ1v) is 11.9. The molecule has 1 atom stereocenters. The van der Waals surface area contributed by atoms with Crippen molar-refractivity contribution in [1.82, 2.24) is 10.0 Å². The van der Waals surface area contributed by atoms with Crippen LogP contribution < -0.4 is 14.8 Å². The topological polar surface area (TPSA) is 84.5 Å². The molecule has 0 saturated heterocycles. The summed E-state index contributed by atoms with van der Waals surface area (Å²) in [6, 6.07) is 20.9. The number of carbonyl (C=O) groups excluding carboxylic acids is 1. The lowest BCUT2D eigenvalue weighted by Gasteiger charge is -2.16. The highest BCUT2D eigenvalue weighted by atomic mass is 79.9. The minimum Gasteiger partial charge on any atom is -0.495 e. The van der Waals surface area contributed by atoms with Crippen molar-refractivity contribution in [3.8, 4) is 5.75 Å². The van der Waals surface area contributed by atoms with Gasteiger partial charge in [0.1, 0.15) is 10.6 Å². The highest BCUT2D eigenvalue weighted by molar-refractivity contribution is 9.10. The maximum absolute atomic E-state index is 12.9. The summed E-state index contributed by atoms with van der Waals surface area (Å²) < 4.78 is 34.5. The van der Waals surface area contributed by atoms with Crippen LogP contribution in [0.15, 0.2) is 82.2 Å². The summed E-state index contributed by atoms with van der Waals surface area (Å²) in [5, 5.41) is 2.90. The van der Waals surface area contributed by atoms with Gasteiger partial charge in [-0.25, -0.2) is 13.1 Å². The van der Waals surface area contributed by atoms with Crippen LogP contribution in [0, 0.1) is 0 Å². The van der Waals surface area contributed by atoms with Crippen molar-refractivity contribution in [2.24, 2.45) is 0 Å². The molecule has 0 fully saturated rings. The molecule has 0 saturated carbocycles. The second-order valence-corrected chi connectivity index (χ2v) is 9.57. The Labute approximate surface area is 190 Å². The zero-order valence-electron chi connectivity index (χ0n) is 17.1. The number of nitrogens with one attached hydrogen (secondary N) is 2. The Morgan fingerprint density at radius 3 is 2.35 bits per heavy atom. The van der Waals surface area contributed by atoms with Crippen LogP contribution in [0.25, 0.3) is 0 Å². The molecule has 0 aliphatic carbocycles. The van der Waals surface area contributed by atoms with Gasteiger partial charge in [0.05, 0.1) is 13.2 Å². The monoisotopic (exact) mass is 502 g/mol. The summed E-state index contributed by atoms with van der Waals surface area (Å²) in [4.78, 5) is 12.7. The van der Waals surface area contributed by atoms with E-state index in [1.165, 1.54) is 19.2 Å². The van der Waals surface area contributed by atoms with E-state index in [1.807, 2.05) is 61.5 Å². The van der Waals surface area contributed by atoms with E-state index in [1.54, 1.807) is 6.07 Å². The minimum absolute atomic E-state index is 0.0881. The molecule has 0 bridgehead atoms. The molecule has 162 valence electrons. The van der Waals surface area contributed by atoms with Crippen LogP contribution in [-0.2, 0) is 16.6 Å². The van der Waals surface area contributed by atoms with Crippen LogP contribution in [0.1, 0.15) is 34.5 Å². The predicted octanol–water partition coefficient (Wildman–Crippen LogP) is 4.43. The second-order valence-electron chi connectivity index (χ2n) is 6.92. The molecule has 0 aromatic heterocycles. The molecule has 1 amide bonds. The van der Waals surface area contributed by atoms with Crippen LogP contribution >= 0.6 is 15.9 Å².